The highest BCUT2D eigenvalue weighted by Gasteiger charge is 2.23. The predicted molar refractivity (Wildman–Crippen MR) is 119 cm³/mol. The van der Waals surface area contributed by atoms with Crippen molar-refractivity contribution in [2.45, 2.75) is 45.1 Å². The first-order valence-corrected chi connectivity index (χ1v) is 9.77. The first-order chi connectivity index (χ1) is 13.2. The normalized spacial score (nSPS) is 14.2. The van der Waals surface area contributed by atoms with E-state index in [2.05, 4.69) is 11.9 Å². The lowest BCUT2D eigenvalue weighted by Gasteiger charge is -2.32. The first kappa shape index (κ1) is 25.4. The van der Waals surface area contributed by atoms with Crippen molar-refractivity contribution in [1.82, 2.24) is 9.88 Å². The zero-order valence-corrected chi connectivity index (χ0v) is 18.5. The van der Waals surface area contributed by atoms with Crippen LogP contribution < -0.4 is 5.73 Å². The van der Waals surface area contributed by atoms with Gasteiger partial charge in [-0.15, -0.1) is 24.8 Å². The van der Waals surface area contributed by atoms with Gasteiger partial charge in [0, 0.05) is 38.1 Å². The van der Waals surface area contributed by atoms with E-state index in [1.54, 1.807) is 6.20 Å². The second-order valence-electron chi connectivity index (χ2n) is 7.08. The maximum atomic E-state index is 12.5. The SMILES string of the molecule is Cc1ccc(-c2cnc(CCC(=O)N3CCC(OCCCN)CC3)o2)cc1.Cl.Cl. The fourth-order valence-electron chi connectivity index (χ4n) is 3.25. The van der Waals surface area contributed by atoms with E-state index in [0.29, 0.717) is 31.9 Å². The number of hydrogen-bond donors (Lipinski definition) is 1. The average Bonchev–Trinajstić information content (AvgIpc) is 3.16. The molecule has 2 heterocycles. The Balaban J connectivity index is 0.00000210. The van der Waals surface area contributed by atoms with Gasteiger partial charge in [-0.05, 0) is 32.7 Å². The van der Waals surface area contributed by atoms with Gasteiger partial charge in [-0.1, -0.05) is 29.8 Å². The Morgan fingerprint density at radius 3 is 2.59 bits per heavy atom. The first-order valence-electron chi connectivity index (χ1n) is 9.77. The number of oxazole rings is 1. The number of benzene rings is 1. The second kappa shape index (κ2) is 12.9. The van der Waals surface area contributed by atoms with E-state index in [0.717, 1.165) is 43.7 Å². The number of carbonyl (C=O) groups is 1. The lowest BCUT2D eigenvalue weighted by molar-refractivity contribution is -0.133. The van der Waals surface area contributed by atoms with Crippen LogP contribution in [0, 0.1) is 6.92 Å². The van der Waals surface area contributed by atoms with Gasteiger partial charge in [0.1, 0.15) is 0 Å². The number of rotatable bonds is 8. The summed E-state index contributed by atoms with van der Waals surface area (Å²) in [4.78, 5) is 18.7. The van der Waals surface area contributed by atoms with Crippen LogP contribution >= 0.6 is 24.8 Å². The summed E-state index contributed by atoms with van der Waals surface area (Å²) >= 11 is 0. The highest BCUT2D eigenvalue weighted by Crippen LogP contribution is 2.22. The molecule has 2 N–H and O–H groups in total. The van der Waals surface area contributed by atoms with Gasteiger partial charge in [-0.25, -0.2) is 4.98 Å². The number of ether oxygens (including phenoxy) is 1. The Labute approximate surface area is 185 Å². The van der Waals surface area contributed by atoms with Crippen LogP contribution in [0.2, 0.25) is 0 Å². The topological polar surface area (TPSA) is 81.6 Å². The minimum absolute atomic E-state index is 0. The molecule has 3 rings (SSSR count). The highest BCUT2D eigenvalue weighted by atomic mass is 35.5. The van der Waals surface area contributed by atoms with E-state index in [-0.39, 0.29) is 36.8 Å². The molecule has 1 saturated heterocycles. The van der Waals surface area contributed by atoms with Gasteiger partial charge in [0.25, 0.3) is 0 Å². The Bertz CT molecular complexity index is 729. The van der Waals surface area contributed by atoms with E-state index < -0.39 is 0 Å². The lowest BCUT2D eigenvalue weighted by Crippen LogP contribution is -2.41. The maximum absolute atomic E-state index is 12.5. The number of nitrogens with two attached hydrogens (primary N) is 1. The number of hydrogen-bond acceptors (Lipinski definition) is 5. The van der Waals surface area contributed by atoms with Gasteiger partial charge in [-0.3, -0.25) is 4.79 Å². The molecule has 0 unspecified atom stereocenters. The van der Waals surface area contributed by atoms with Crippen LogP contribution in [-0.4, -0.2) is 48.1 Å². The van der Waals surface area contributed by atoms with Crippen molar-refractivity contribution in [3.63, 3.8) is 0 Å². The summed E-state index contributed by atoms with van der Waals surface area (Å²) in [7, 11) is 0. The highest BCUT2D eigenvalue weighted by molar-refractivity contribution is 5.85. The zero-order chi connectivity index (χ0) is 19.1. The number of amides is 1. The van der Waals surface area contributed by atoms with Crippen molar-refractivity contribution in [2.24, 2.45) is 5.73 Å². The summed E-state index contributed by atoms with van der Waals surface area (Å²) in [5.41, 5.74) is 7.69. The number of aromatic nitrogens is 1. The fourth-order valence-corrected chi connectivity index (χ4v) is 3.25. The summed E-state index contributed by atoms with van der Waals surface area (Å²) in [5.74, 6) is 1.51. The van der Waals surface area contributed by atoms with E-state index >= 15 is 0 Å². The molecule has 1 amide bonds. The molecule has 1 aliphatic heterocycles. The monoisotopic (exact) mass is 443 g/mol. The third kappa shape index (κ3) is 7.63. The summed E-state index contributed by atoms with van der Waals surface area (Å²) < 4.78 is 11.6. The van der Waals surface area contributed by atoms with Crippen LogP contribution in [0.1, 0.15) is 37.1 Å². The van der Waals surface area contributed by atoms with Crippen LogP contribution in [-0.2, 0) is 16.0 Å². The van der Waals surface area contributed by atoms with Crippen molar-refractivity contribution >= 4 is 30.7 Å². The summed E-state index contributed by atoms with van der Waals surface area (Å²) in [6.45, 7) is 4.93. The largest absolute Gasteiger partial charge is 0.441 e. The molecule has 1 aliphatic rings. The summed E-state index contributed by atoms with van der Waals surface area (Å²) in [6, 6.07) is 8.13. The third-order valence-electron chi connectivity index (χ3n) is 4.94. The van der Waals surface area contributed by atoms with E-state index in [4.69, 9.17) is 14.9 Å². The van der Waals surface area contributed by atoms with Gasteiger partial charge in [0.15, 0.2) is 11.7 Å². The van der Waals surface area contributed by atoms with Crippen molar-refractivity contribution in [3.8, 4) is 11.3 Å². The molecule has 0 aliphatic carbocycles. The van der Waals surface area contributed by atoms with Gasteiger partial charge in [0.05, 0.1) is 12.3 Å². The number of halogens is 2. The van der Waals surface area contributed by atoms with Crippen molar-refractivity contribution in [2.75, 3.05) is 26.2 Å². The van der Waals surface area contributed by atoms with Gasteiger partial charge in [0.2, 0.25) is 5.91 Å². The fraction of sp³-hybridized carbons (Fsp3) is 0.524. The third-order valence-corrected chi connectivity index (χ3v) is 4.94. The standard InChI is InChI=1S/C21H29N3O3.2ClH/c1-16-3-5-17(6-4-16)19-15-23-20(27-19)7-8-21(25)24-12-9-18(10-13-24)26-14-2-11-22;;/h3-6,15,18H,2,7-14,22H2,1H3;2*1H. The van der Waals surface area contributed by atoms with Crippen molar-refractivity contribution < 1.29 is 13.9 Å². The molecule has 0 saturated carbocycles. The zero-order valence-electron chi connectivity index (χ0n) is 16.8. The predicted octanol–water partition coefficient (Wildman–Crippen LogP) is 3.78. The van der Waals surface area contributed by atoms with Crippen LogP contribution in [0.4, 0.5) is 0 Å². The number of carbonyl (C=O) groups excluding carboxylic acids is 1. The quantitative estimate of drug-likeness (QED) is 0.627. The molecule has 8 heteroatoms. The maximum Gasteiger partial charge on any atom is 0.223 e. The lowest BCUT2D eigenvalue weighted by atomic mass is 10.1. The van der Waals surface area contributed by atoms with E-state index in [9.17, 15) is 4.79 Å². The Morgan fingerprint density at radius 2 is 1.93 bits per heavy atom. The Morgan fingerprint density at radius 1 is 1.24 bits per heavy atom. The van der Waals surface area contributed by atoms with Crippen molar-refractivity contribution in [1.29, 1.82) is 0 Å². The molecule has 1 fully saturated rings. The molecular weight excluding hydrogens is 413 g/mol. The molecular formula is C21H31Cl2N3O3. The number of piperidine rings is 1. The molecule has 6 nitrogen and oxygen atoms in total. The number of aryl methyl sites for hydroxylation is 2. The van der Waals surface area contributed by atoms with Crippen LogP contribution in [0.3, 0.4) is 0 Å². The Kier molecular flexibility index (Phi) is 11.3. The van der Waals surface area contributed by atoms with Crippen LogP contribution in [0.15, 0.2) is 34.9 Å². The van der Waals surface area contributed by atoms with E-state index in [1.807, 2.05) is 29.2 Å². The molecule has 0 bridgehead atoms. The molecule has 29 heavy (non-hydrogen) atoms. The van der Waals surface area contributed by atoms with Crippen LogP contribution in [0.25, 0.3) is 11.3 Å². The summed E-state index contributed by atoms with van der Waals surface area (Å²) in [6.07, 6.45) is 5.61. The molecule has 2 aromatic rings. The van der Waals surface area contributed by atoms with Crippen molar-refractivity contribution in [3.05, 3.63) is 41.9 Å². The molecule has 0 atom stereocenters. The average molecular weight is 444 g/mol. The molecule has 0 radical (unpaired) electrons. The van der Waals surface area contributed by atoms with Gasteiger partial charge in [-0.2, -0.15) is 0 Å². The summed E-state index contributed by atoms with van der Waals surface area (Å²) in [5, 5.41) is 0. The van der Waals surface area contributed by atoms with Crippen LogP contribution in [0.5, 0.6) is 0 Å². The molecule has 1 aromatic heterocycles. The minimum atomic E-state index is 0. The number of likely N-dealkylation sites (tertiary alicyclic amines) is 1. The molecule has 0 spiro atoms. The van der Waals surface area contributed by atoms with Gasteiger partial charge >= 0.3 is 0 Å². The molecule has 1 aromatic carbocycles. The smallest absolute Gasteiger partial charge is 0.223 e. The minimum Gasteiger partial charge on any atom is -0.441 e. The number of nitrogens with zero attached hydrogens (tertiary/aromatic N) is 2. The second-order valence-corrected chi connectivity index (χ2v) is 7.08. The van der Waals surface area contributed by atoms with Gasteiger partial charge < -0.3 is 19.8 Å². The Hall–Kier alpha value is -1.60. The van der Waals surface area contributed by atoms with E-state index in [1.165, 1.54) is 5.56 Å². The molecule has 162 valence electrons.